The predicted octanol–water partition coefficient (Wildman–Crippen LogP) is 14.4. The lowest BCUT2D eigenvalue weighted by Crippen LogP contribution is -2.61. The monoisotopic (exact) mass is 1090 g/mol. The minimum absolute atomic E-state index is 0.0863. The van der Waals surface area contributed by atoms with Gasteiger partial charge in [-0.2, -0.15) is 0 Å². The second-order valence-electron chi connectivity index (χ2n) is 20.3. The number of amides is 1. The normalized spacial score (nSPS) is 19.9. The van der Waals surface area contributed by atoms with Gasteiger partial charge in [-0.15, -0.1) is 0 Å². The zero-order valence-corrected chi connectivity index (χ0v) is 48.7. The van der Waals surface area contributed by atoms with Crippen LogP contribution in [0.25, 0.3) is 0 Å². The Kier molecular flexibility index (Phi) is 49.2. The first-order valence-corrected chi connectivity index (χ1v) is 30.5. The lowest BCUT2D eigenvalue weighted by atomic mass is 9.99. The van der Waals surface area contributed by atoms with Gasteiger partial charge >= 0.3 is 5.97 Å². The summed E-state index contributed by atoms with van der Waals surface area (Å²) in [4.78, 5) is 26.5. The Hall–Kier alpha value is -4.20. The third-order valence-electron chi connectivity index (χ3n) is 13.3. The highest BCUT2D eigenvalue weighted by atomic mass is 16.7. The van der Waals surface area contributed by atoms with Gasteiger partial charge in [0.15, 0.2) is 12.4 Å². The van der Waals surface area contributed by atoms with E-state index in [0.29, 0.717) is 12.8 Å². The number of aliphatic hydroxyl groups is 5. The Morgan fingerprint density at radius 2 is 0.923 bits per heavy atom. The number of allylic oxidation sites excluding steroid dienone is 21. The van der Waals surface area contributed by atoms with Crippen LogP contribution in [-0.4, -0.2) is 99.6 Å². The van der Waals surface area contributed by atoms with E-state index in [-0.39, 0.29) is 19.4 Å². The van der Waals surface area contributed by atoms with Gasteiger partial charge in [0.2, 0.25) is 5.91 Å². The van der Waals surface area contributed by atoms with Crippen LogP contribution in [0, 0.1) is 0 Å². The highest BCUT2D eigenvalue weighted by Crippen LogP contribution is 2.26. The Bertz CT molecular complexity index is 1770. The second kappa shape index (κ2) is 53.4. The number of esters is 1. The quantitative estimate of drug-likeness (QED) is 0.0195. The van der Waals surface area contributed by atoms with Crippen molar-refractivity contribution in [3.63, 3.8) is 0 Å². The number of unbranched alkanes of at least 4 members (excludes halogenated alkanes) is 15. The number of carbonyl (C=O) groups excluding carboxylic acids is 2. The molecule has 1 aliphatic heterocycles. The van der Waals surface area contributed by atoms with E-state index < -0.39 is 67.4 Å². The molecule has 1 fully saturated rings. The molecular formula is C67H109NO10. The molecule has 0 aromatic rings. The maximum Gasteiger partial charge on any atom is 0.306 e. The zero-order chi connectivity index (χ0) is 56.8. The molecule has 8 unspecified atom stereocenters. The van der Waals surface area contributed by atoms with Crippen LogP contribution in [0.1, 0.15) is 213 Å². The predicted molar refractivity (Wildman–Crippen MR) is 324 cm³/mol. The van der Waals surface area contributed by atoms with Crippen molar-refractivity contribution in [1.82, 2.24) is 5.32 Å². The number of hydrogen-bond acceptors (Lipinski definition) is 10. The van der Waals surface area contributed by atoms with Crippen LogP contribution in [0.2, 0.25) is 0 Å². The second-order valence-corrected chi connectivity index (χ2v) is 20.3. The van der Waals surface area contributed by atoms with Gasteiger partial charge in [-0.25, -0.2) is 0 Å². The van der Waals surface area contributed by atoms with Crippen molar-refractivity contribution in [3.05, 3.63) is 134 Å². The van der Waals surface area contributed by atoms with Gasteiger partial charge in [-0.05, 0) is 109 Å². The number of ether oxygens (including phenoxy) is 3. The molecule has 1 saturated heterocycles. The zero-order valence-electron chi connectivity index (χ0n) is 48.7. The van der Waals surface area contributed by atoms with Gasteiger partial charge in [0.1, 0.15) is 24.4 Å². The summed E-state index contributed by atoms with van der Waals surface area (Å²) in [5.74, 6) is -1.29. The van der Waals surface area contributed by atoms with Gasteiger partial charge in [0.25, 0.3) is 0 Å². The van der Waals surface area contributed by atoms with E-state index in [1.54, 1.807) is 6.08 Å². The molecule has 8 atom stereocenters. The third kappa shape index (κ3) is 40.9. The minimum Gasteiger partial charge on any atom is -0.454 e. The Morgan fingerprint density at radius 3 is 1.38 bits per heavy atom. The van der Waals surface area contributed by atoms with Crippen molar-refractivity contribution in [2.24, 2.45) is 0 Å². The molecule has 6 N–H and O–H groups in total. The summed E-state index contributed by atoms with van der Waals surface area (Å²) in [6, 6.07) is -1.07. The van der Waals surface area contributed by atoms with Crippen molar-refractivity contribution >= 4 is 11.9 Å². The molecule has 11 heteroatoms. The number of nitrogens with one attached hydrogen (secondary N) is 1. The molecule has 78 heavy (non-hydrogen) atoms. The van der Waals surface area contributed by atoms with Gasteiger partial charge in [0, 0.05) is 6.42 Å². The largest absolute Gasteiger partial charge is 0.454 e. The van der Waals surface area contributed by atoms with Crippen LogP contribution in [0.3, 0.4) is 0 Å². The van der Waals surface area contributed by atoms with Crippen LogP contribution in [-0.2, 0) is 23.8 Å². The van der Waals surface area contributed by atoms with Gasteiger partial charge < -0.3 is 45.1 Å². The average molecular weight is 1090 g/mol. The summed E-state index contributed by atoms with van der Waals surface area (Å²) in [7, 11) is 0. The topological polar surface area (TPSA) is 175 Å². The van der Waals surface area contributed by atoms with Crippen LogP contribution < -0.4 is 5.32 Å². The molecule has 1 rings (SSSR count). The molecule has 1 aliphatic rings. The first-order chi connectivity index (χ1) is 38.2. The van der Waals surface area contributed by atoms with E-state index in [1.807, 2.05) is 18.2 Å². The standard InChI is InChI=1S/C67H109NO10/c1-4-7-10-13-16-19-22-25-27-29-30-31-32-33-35-37-40-43-46-49-52-55-62(72)78-65-64(74)63(73)61(56-69)77-67(65)76-57-58(59(70)53-50-47-44-41-38-24-21-18-15-12-9-6-3)68-66(75)60(71)54-51-48-45-42-39-36-34-28-26-23-20-17-14-11-8-5-2/h7-8,10-11,16-17,19-20,25-28,30-31,33,35-36,39,45,48,50,53,58-61,63-65,67,69-71,73-74H,4-6,9,12-15,18,21-24,29,32,34,37-38,40-44,46-47,49,51-52,54-57H2,1-3H3,(H,68,75)/b10-7-,11-8-,19-16-,20-17-,27-25-,28-26-,31-30-,35-33-,39-36-,48-45-,53-50+. The van der Waals surface area contributed by atoms with E-state index >= 15 is 0 Å². The molecular weight excluding hydrogens is 979 g/mol. The van der Waals surface area contributed by atoms with Crippen molar-refractivity contribution in [3.8, 4) is 0 Å². The number of carbonyl (C=O) groups is 2. The van der Waals surface area contributed by atoms with E-state index in [4.69, 9.17) is 14.2 Å². The SMILES string of the molecule is CC/C=C\C/C=C\C/C=C\C/C=C\C/C=C\CCCCCCCC(=O)OC1C(OCC(NC(=O)C(O)CC/C=C\C/C=C\C/C=C\C/C=C\C/C=C\CC)C(O)/C=C/CCCCCCCCCCCC)OC(CO)C(O)C1O. The molecule has 442 valence electrons. The van der Waals surface area contributed by atoms with Crippen molar-refractivity contribution in [2.75, 3.05) is 13.2 Å². The summed E-state index contributed by atoms with van der Waals surface area (Å²) in [5, 5.41) is 56.9. The molecule has 0 radical (unpaired) electrons. The Morgan fingerprint density at radius 1 is 0.513 bits per heavy atom. The third-order valence-corrected chi connectivity index (χ3v) is 13.3. The first kappa shape index (κ1) is 71.8. The molecule has 0 saturated carbocycles. The molecule has 0 bridgehead atoms. The van der Waals surface area contributed by atoms with Crippen molar-refractivity contribution < 1.29 is 49.3 Å². The summed E-state index contributed by atoms with van der Waals surface area (Å²) in [6.45, 7) is 5.49. The van der Waals surface area contributed by atoms with E-state index in [2.05, 4.69) is 135 Å². The maximum atomic E-state index is 13.4. The number of rotatable bonds is 49. The Balaban J connectivity index is 2.74. The van der Waals surface area contributed by atoms with Crippen LogP contribution in [0.15, 0.2) is 134 Å². The lowest BCUT2D eigenvalue weighted by molar-refractivity contribution is -0.305. The lowest BCUT2D eigenvalue weighted by Gasteiger charge is -2.41. The molecule has 0 aromatic heterocycles. The van der Waals surface area contributed by atoms with E-state index in [1.165, 1.54) is 44.9 Å². The number of aliphatic hydroxyl groups excluding tert-OH is 5. The highest BCUT2D eigenvalue weighted by molar-refractivity contribution is 5.80. The summed E-state index contributed by atoms with van der Waals surface area (Å²) < 4.78 is 17.6. The fraction of sp³-hybridized carbons (Fsp3) is 0.642. The maximum absolute atomic E-state index is 13.4. The Labute approximate surface area is 473 Å². The molecule has 0 aliphatic carbocycles. The molecule has 0 aromatic carbocycles. The summed E-state index contributed by atoms with van der Waals surface area (Å²) >= 11 is 0. The van der Waals surface area contributed by atoms with Gasteiger partial charge in [-0.3, -0.25) is 9.59 Å². The fourth-order valence-electron chi connectivity index (χ4n) is 8.53. The van der Waals surface area contributed by atoms with Crippen molar-refractivity contribution in [1.29, 1.82) is 0 Å². The summed E-state index contributed by atoms with van der Waals surface area (Å²) in [5.41, 5.74) is 0. The average Bonchev–Trinajstić information content (AvgIpc) is 3.45. The minimum atomic E-state index is -1.64. The molecule has 0 spiro atoms. The van der Waals surface area contributed by atoms with Crippen LogP contribution >= 0.6 is 0 Å². The highest BCUT2D eigenvalue weighted by Gasteiger charge is 2.47. The van der Waals surface area contributed by atoms with Crippen LogP contribution in [0.5, 0.6) is 0 Å². The fourth-order valence-corrected chi connectivity index (χ4v) is 8.53. The van der Waals surface area contributed by atoms with Crippen molar-refractivity contribution in [2.45, 2.75) is 262 Å². The molecule has 11 nitrogen and oxygen atoms in total. The van der Waals surface area contributed by atoms with E-state index in [0.717, 1.165) is 122 Å². The van der Waals surface area contributed by atoms with Gasteiger partial charge in [-0.1, -0.05) is 231 Å². The number of hydrogen-bond donors (Lipinski definition) is 6. The summed E-state index contributed by atoms with van der Waals surface area (Å²) in [6.07, 6.45) is 64.9. The van der Waals surface area contributed by atoms with Gasteiger partial charge in [0.05, 0.1) is 25.4 Å². The smallest absolute Gasteiger partial charge is 0.306 e. The van der Waals surface area contributed by atoms with E-state index in [9.17, 15) is 35.1 Å². The van der Waals surface area contributed by atoms with Crippen LogP contribution in [0.4, 0.5) is 0 Å². The molecule has 1 heterocycles. The molecule has 1 amide bonds. The first-order valence-electron chi connectivity index (χ1n) is 30.5.